The van der Waals surface area contributed by atoms with Gasteiger partial charge in [0.05, 0.1) is 19.1 Å². The highest BCUT2D eigenvalue weighted by molar-refractivity contribution is 7.90. The van der Waals surface area contributed by atoms with Crippen molar-refractivity contribution in [3.05, 3.63) is 18.3 Å². The molecule has 1 aliphatic carbocycles. The van der Waals surface area contributed by atoms with Gasteiger partial charge in [0.1, 0.15) is 23.6 Å². The minimum absolute atomic E-state index is 0.0816. The number of hydrogen-bond donors (Lipinski definition) is 0. The van der Waals surface area contributed by atoms with Crippen LogP contribution in [-0.2, 0) is 14.6 Å². The van der Waals surface area contributed by atoms with Crippen LogP contribution in [0.3, 0.4) is 0 Å². The summed E-state index contributed by atoms with van der Waals surface area (Å²) in [6.45, 7) is 0.626. The lowest BCUT2D eigenvalue weighted by atomic mass is 10.1. The van der Waals surface area contributed by atoms with Crippen molar-refractivity contribution in [1.29, 1.82) is 0 Å². The van der Waals surface area contributed by atoms with E-state index < -0.39 is 9.84 Å². The molecule has 1 saturated carbocycles. The molecule has 0 aromatic carbocycles. The van der Waals surface area contributed by atoms with Gasteiger partial charge in [-0.3, -0.25) is 4.57 Å². The normalized spacial score (nSPS) is 19.9. The van der Waals surface area contributed by atoms with Crippen LogP contribution in [0.5, 0.6) is 5.88 Å². The maximum atomic E-state index is 12.7. The third-order valence-corrected chi connectivity index (χ3v) is 6.42. The van der Waals surface area contributed by atoms with Crippen LogP contribution in [0.4, 0.5) is 0 Å². The Hall–Kier alpha value is -2.66. The quantitative estimate of drug-likeness (QED) is 0.561. The molecule has 5 rings (SSSR count). The van der Waals surface area contributed by atoms with Crippen LogP contribution in [0.1, 0.15) is 49.9 Å². The van der Waals surface area contributed by atoms with E-state index in [0.29, 0.717) is 29.2 Å². The van der Waals surface area contributed by atoms with E-state index >= 15 is 0 Å². The van der Waals surface area contributed by atoms with E-state index in [4.69, 9.17) is 9.47 Å². The largest absolute Gasteiger partial charge is 0.480 e. The number of fused-ring (bicyclic) bond motifs is 1. The minimum atomic E-state index is -3.68. The molecular formula is C19H22N6O4S. The lowest BCUT2D eigenvalue weighted by Crippen LogP contribution is -2.19. The number of nitrogens with zero attached hydrogens (tertiary/aromatic N) is 6. The summed E-state index contributed by atoms with van der Waals surface area (Å²) in [5, 5.41) is -0.0816. The summed E-state index contributed by atoms with van der Waals surface area (Å²) in [5.74, 6) is 0.795. The Bertz CT molecular complexity index is 1220. The van der Waals surface area contributed by atoms with E-state index in [0.717, 1.165) is 44.1 Å². The van der Waals surface area contributed by atoms with Crippen molar-refractivity contribution in [3.63, 3.8) is 0 Å². The van der Waals surface area contributed by atoms with E-state index in [-0.39, 0.29) is 23.0 Å². The van der Waals surface area contributed by atoms with Crippen LogP contribution in [0.25, 0.3) is 22.6 Å². The van der Waals surface area contributed by atoms with Crippen molar-refractivity contribution in [1.82, 2.24) is 29.5 Å². The molecule has 0 spiro atoms. The molecule has 0 N–H and O–H groups in total. The highest BCUT2D eigenvalue weighted by Gasteiger charge is 2.33. The minimum Gasteiger partial charge on any atom is -0.480 e. The first-order chi connectivity index (χ1) is 14.5. The first-order valence-electron chi connectivity index (χ1n) is 9.93. The predicted octanol–water partition coefficient (Wildman–Crippen LogP) is 2.27. The number of rotatable bonds is 5. The van der Waals surface area contributed by atoms with E-state index in [2.05, 4.69) is 24.9 Å². The Labute approximate surface area is 173 Å². The summed E-state index contributed by atoms with van der Waals surface area (Å²) < 4.78 is 38.4. The summed E-state index contributed by atoms with van der Waals surface area (Å²) in [6.07, 6.45) is 8.65. The van der Waals surface area contributed by atoms with Crippen molar-refractivity contribution in [3.8, 4) is 17.3 Å². The van der Waals surface area contributed by atoms with Crippen molar-refractivity contribution in [2.45, 2.75) is 49.3 Å². The molecule has 0 amide bonds. The summed E-state index contributed by atoms with van der Waals surface area (Å²) in [6, 6.07) is 0. The van der Waals surface area contributed by atoms with E-state index in [1.54, 1.807) is 10.9 Å². The highest BCUT2D eigenvalue weighted by atomic mass is 32.2. The average Bonchev–Trinajstić information content (AvgIpc) is 3.51. The molecule has 1 atom stereocenters. The zero-order chi connectivity index (χ0) is 20.9. The van der Waals surface area contributed by atoms with Gasteiger partial charge in [-0.25, -0.2) is 33.3 Å². The van der Waals surface area contributed by atoms with Gasteiger partial charge in [0.2, 0.25) is 5.88 Å². The van der Waals surface area contributed by atoms with Crippen molar-refractivity contribution < 1.29 is 17.9 Å². The van der Waals surface area contributed by atoms with Gasteiger partial charge < -0.3 is 9.47 Å². The Balaban J connectivity index is 1.75. The molecule has 0 bridgehead atoms. The van der Waals surface area contributed by atoms with Crippen LogP contribution in [0.15, 0.2) is 17.7 Å². The molecule has 3 aromatic rings. The van der Waals surface area contributed by atoms with Gasteiger partial charge >= 0.3 is 0 Å². The predicted molar refractivity (Wildman–Crippen MR) is 107 cm³/mol. The highest BCUT2D eigenvalue weighted by Crippen LogP contribution is 2.45. The monoisotopic (exact) mass is 430 g/mol. The molecule has 1 aliphatic heterocycles. The number of methoxy groups -OCH3 is 1. The molecular weight excluding hydrogens is 408 g/mol. The smallest absolute Gasteiger partial charge is 0.227 e. The second-order valence-electron chi connectivity index (χ2n) is 7.69. The molecule has 11 heteroatoms. The third kappa shape index (κ3) is 3.31. The van der Waals surface area contributed by atoms with E-state index in [1.807, 2.05) is 0 Å². The second kappa shape index (κ2) is 7.24. The second-order valence-corrected chi connectivity index (χ2v) is 9.62. The topological polar surface area (TPSA) is 122 Å². The maximum Gasteiger partial charge on any atom is 0.227 e. The van der Waals surface area contributed by atoms with Crippen LogP contribution in [0.2, 0.25) is 0 Å². The van der Waals surface area contributed by atoms with Gasteiger partial charge in [-0.15, -0.1) is 0 Å². The Morgan fingerprint density at radius 2 is 1.97 bits per heavy atom. The summed E-state index contributed by atoms with van der Waals surface area (Å²) >= 11 is 0. The van der Waals surface area contributed by atoms with Gasteiger partial charge in [0.25, 0.3) is 0 Å². The first-order valence-corrected chi connectivity index (χ1v) is 11.8. The Morgan fingerprint density at radius 3 is 2.63 bits per heavy atom. The zero-order valence-corrected chi connectivity index (χ0v) is 17.6. The van der Waals surface area contributed by atoms with Gasteiger partial charge in [-0.05, 0) is 32.1 Å². The van der Waals surface area contributed by atoms with Crippen LogP contribution < -0.4 is 4.74 Å². The van der Waals surface area contributed by atoms with Crippen LogP contribution in [0, 0.1) is 0 Å². The zero-order valence-electron chi connectivity index (χ0n) is 16.8. The summed E-state index contributed by atoms with van der Waals surface area (Å²) in [4.78, 5) is 22.0. The molecule has 158 valence electrons. The molecule has 2 aliphatic rings. The van der Waals surface area contributed by atoms with Crippen LogP contribution in [-0.4, -0.2) is 57.9 Å². The number of ether oxygens (including phenoxy) is 2. The Kier molecular flexibility index (Phi) is 4.66. The fraction of sp³-hybridized carbons (Fsp3) is 0.526. The molecule has 4 heterocycles. The van der Waals surface area contributed by atoms with Gasteiger partial charge in [0.15, 0.2) is 26.3 Å². The van der Waals surface area contributed by atoms with Crippen LogP contribution >= 0.6 is 0 Å². The summed E-state index contributed by atoms with van der Waals surface area (Å²) in [5.41, 5.74) is 1.95. The molecule has 1 unspecified atom stereocenters. The first kappa shape index (κ1) is 19.3. The number of sulfone groups is 1. The SMILES string of the molecule is COc1ncnc(C2CC2)c1-c1nc(S(C)(=O)=O)c2c(ncn2C2CCCCO2)n1. The molecule has 0 radical (unpaired) electrons. The van der Waals surface area contributed by atoms with Gasteiger partial charge in [-0.1, -0.05) is 0 Å². The third-order valence-electron chi connectivity index (χ3n) is 5.44. The maximum absolute atomic E-state index is 12.7. The molecule has 10 nitrogen and oxygen atoms in total. The molecule has 2 fully saturated rings. The lowest BCUT2D eigenvalue weighted by molar-refractivity contribution is -0.0297. The van der Waals surface area contributed by atoms with Gasteiger partial charge in [-0.2, -0.15) is 0 Å². The fourth-order valence-electron chi connectivity index (χ4n) is 3.86. The van der Waals surface area contributed by atoms with Gasteiger partial charge in [0, 0.05) is 18.8 Å². The van der Waals surface area contributed by atoms with E-state index in [1.165, 1.54) is 13.4 Å². The number of aromatic nitrogens is 6. The lowest BCUT2D eigenvalue weighted by Gasteiger charge is -2.24. The van der Waals surface area contributed by atoms with E-state index in [9.17, 15) is 8.42 Å². The van der Waals surface area contributed by atoms with Crippen molar-refractivity contribution in [2.24, 2.45) is 0 Å². The summed E-state index contributed by atoms with van der Waals surface area (Å²) in [7, 11) is -2.17. The number of imidazole rings is 1. The van der Waals surface area contributed by atoms with Crippen molar-refractivity contribution >= 4 is 21.0 Å². The van der Waals surface area contributed by atoms with Crippen molar-refractivity contribution in [2.75, 3.05) is 20.0 Å². The fourth-order valence-corrected chi connectivity index (χ4v) is 4.66. The Morgan fingerprint density at radius 1 is 1.13 bits per heavy atom. The number of hydrogen-bond acceptors (Lipinski definition) is 9. The standard InChI is InChI=1S/C19H22N6O4S/c1-28-18-13(14(11-6-7-11)20-9-21-18)16-23-17-15(19(24-16)30(2,26)27)25(10-22-17)12-5-3-4-8-29-12/h9-12H,3-8H2,1-2H3. The molecule has 30 heavy (non-hydrogen) atoms. The molecule has 3 aromatic heterocycles. The molecule has 1 saturated heterocycles. The average molecular weight is 430 g/mol.